The van der Waals surface area contributed by atoms with Crippen molar-refractivity contribution in [3.63, 3.8) is 0 Å². The number of anilines is 1. The summed E-state index contributed by atoms with van der Waals surface area (Å²) in [6, 6.07) is 19.1. The van der Waals surface area contributed by atoms with Crippen LogP contribution < -0.4 is 5.32 Å². The van der Waals surface area contributed by atoms with E-state index in [4.69, 9.17) is 4.98 Å². The lowest BCUT2D eigenvalue weighted by atomic mass is 10.1. The summed E-state index contributed by atoms with van der Waals surface area (Å²) in [6.07, 6.45) is 0. The second-order valence-corrected chi connectivity index (χ2v) is 6.09. The molecule has 1 N–H and O–H groups in total. The molecule has 0 aliphatic heterocycles. The lowest BCUT2D eigenvalue weighted by Gasteiger charge is -2.10. The summed E-state index contributed by atoms with van der Waals surface area (Å²) < 4.78 is 0. The van der Waals surface area contributed by atoms with Gasteiger partial charge in [0, 0.05) is 28.6 Å². The zero-order valence-corrected chi connectivity index (χ0v) is 13.1. The Labute approximate surface area is 129 Å². The number of aromatic nitrogens is 1. The van der Waals surface area contributed by atoms with Crippen molar-refractivity contribution in [1.82, 2.24) is 4.98 Å². The molecule has 3 heteroatoms. The molecule has 0 radical (unpaired) electrons. The second-order valence-electron chi connectivity index (χ2n) is 5.04. The SMILES string of the molecule is CNc1nc2ccccc2cc1CSc1ccc(C)cc1. The highest BCUT2D eigenvalue weighted by Gasteiger charge is 2.06. The number of nitrogens with one attached hydrogen (secondary N) is 1. The van der Waals surface area contributed by atoms with Gasteiger partial charge >= 0.3 is 0 Å². The van der Waals surface area contributed by atoms with Crippen LogP contribution in [0.2, 0.25) is 0 Å². The minimum atomic E-state index is 0.914. The summed E-state index contributed by atoms with van der Waals surface area (Å²) in [4.78, 5) is 5.98. The molecule has 0 atom stereocenters. The molecule has 1 aromatic heterocycles. The Morgan fingerprint density at radius 3 is 2.57 bits per heavy atom. The zero-order valence-electron chi connectivity index (χ0n) is 12.3. The van der Waals surface area contributed by atoms with Gasteiger partial charge in [-0.1, -0.05) is 35.9 Å². The van der Waals surface area contributed by atoms with E-state index in [1.807, 2.05) is 30.9 Å². The van der Waals surface area contributed by atoms with Gasteiger partial charge in [-0.3, -0.25) is 0 Å². The van der Waals surface area contributed by atoms with E-state index in [-0.39, 0.29) is 0 Å². The molecule has 0 aliphatic carbocycles. The fourth-order valence-electron chi connectivity index (χ4n) is 2.28. The predicted octanol–water partition coefficient (Wildman–Crippen LogP) is 4.88. The number of nitrogens with zero attached hydrogens (tertiary/aromatic N) is 1. The molecule has 21 heavy (non-hydrogen) atoms. The zero-order chi connectivity index (χ0) is 14.7. The van der Waals surface area contributed by atoms with Crippen LogP contribution in [0.15, 0.2) is 59.5 Å². The molecule has 0 saturated heterocycles. The van der Waals surface area contributed by atoms with Crippen LogP contribution in [0.4, 0.5) is 5.82 Å². The maximum Gasteiger partial charge on any atom is 0.130 e. The maximum atomic E-state index is 4.70. The molecular formula is C18H18N2S. The van der Waals surface area contributed by atoms with Crippen molar-refractivity contribution in [1.29, 1.82) is 0 Å². The monoisotopic (exact) mass is 294 g/mol. The highest BCUT2D eigenvalue weighted by molar-refractivity contribution is 7.98. The van der Waals surface area contributed by atoms with Gasteiger partial charge in [0.25, 0.3) is 0 Å². The van der Waals surface area contributed by atoms with Crippen molar-refractivity contribution in [2.24, 2.45) is 0 Å². The number of benzene rings is 2. The van der Waals surface area contributed by atoms with Gasteiger partial charge in [-0.05, 0) is 31.2 Å². The third-order valence-corrected chi connectivity index (χ3v) is 4.52. The Morgan fingerprint density at radius 2 is 1.81 bits per heavy atom. The summed E-state index contributed by atoms with van der Waals surface area (Å²) in [6.45, 7) is 2.11. The van der Waals surface area contributed by atoms with Crippen molar-refractivity contribution in [2.45, 2.75) is 17.6 Å². The molecule has 0 aliphatic rings. The summed E-state index contributed by atoms with van der Waals surface area (Å²) in [5, 5.41) is 4.40. The molecule has 1 heterocycles. The molecule has 0 spiro atoms. The first-order chi connectivity index (χ1) is 10.3. The number of rotatable bonds is 4. The van der Waals surface area contributed by atoms with Gasteiger partial charge < -0.3 is 5.32 Å². The fourth-order valence-corrected chi connectivity index (χ4v) is 3.15. The van der Waals surface area contributed by atoms with Crippen LogP contribution in [0.25, 0.3) is 10.9 Å². The molecule has 0 fully saturated rings. The minimum Gasteiger partial charge on any atom is -0.373 e. The lowest BCUT2D eigenvalue weighted by Crippen LogP contribution is -1.98. The Hall–Kier alpha value is -2.00. The predicted molar refractivity (Wildman–Crippen MR) is 92.0 cm³/mol. The van der Waals surface area contributed by atoms with Gasteiger partial charge in [0.1, 0.15) is 5.82 Å². The lowest BCUT2D eigenvalue weighted by molar-refractivity contribution is 1.26. The van der Waals surface area contributed by atoms with E-state index in [0.29, 0.717) is 0 Å². The summed E-state index contributed by atoms with van der Waals surface area (Å²) in [5.74, 6) is 1.88. The first-order valence-corrected chi connectivity index (χ1v) is 8.01. The number of thioether (sulfide) groups is 1. The molecule has 0 unspecified atom stereocenters. The van der Waals surface area contributed by atoms with E-state index in [1.54, 1.807) is 0 Å². The van der Waals surface area contributed by atoms with Gasteiger partial charge in [-0.15, -0.1) is 11.8 Å². The number of hydrogen-bond donors (Lipinski definition) is 1. The normalized spacial score (nSPS) is 10.8. The van der Waals surface area contributed by atoms with E-state index in [2.05, 4.69) is 54.7 Å². The van der Waals surface area contributed by atoms with E-state index >= 15 is 0 Å². The van der Waals surface area contributed by atoms with E-state index in [0.717, 1.165) is 17.1 Å². The van der Waals surface area contributed by atoms with E-state index in [1.165, 1.54) is 21.4 Å². The second kappa shape index (κ2) is 6.19. The van der Waals surface area contributed by atoms with Crippen LogP contribution >= 0.6 is 11.8 Å². The van der Waals surface area contributed by atoms with Gasteiger partial charge in [-0.2, -0.15) is 0 Å². The molecule has 2 nitrogen and oxygen atoms in total. The summed E-state index contributed by atoms with van der Waals surface area (Å²) >= 11 is 1.84. The van der Waals surface area contributed by atoms with Gasteiger partial charge in [0.05, 0.1) is 5.52 Å². The Bertz CT molecular complexity index is 751. The summed E-state index contributed by atoms with van der Waals surface area (Å²) in [7, 11) is 1.93. The van der Waals surface area contributed by atoms with Crippen molar-refractivity contribution < 1.29 is 0 Å². The van der Waals surface area contributed by atoms with Crippen molar-refractivity contribution in [3.8, 4) is 0 Å². The average Bonchev–Trinajstić information content (AvgIpc) is 2.53. The van der Waals surface area contributed by atoms with Crippen LogP contribution in [-0.4, -0.2) is 12.0 Å². The topological polar surface area (TPSA) is 24.9 Å². The first kappa shape index (κ1) is 14.0. The van der Waals surface area contributed by atoms with Gasteiger partial charge in [0.15, 0.2) is 0 Å². The van der Waals surface area contributed by atoms with Crippen LogP contribution in [0, 0.1) is 6.92 Å². The van der Waals surface area contributed by atoms with Crippen molar-refractivity contribution in [3.05, 3.63) is 65.7 Å². The minimum absolute atomic E-state index is 0.914. The van der Waals surface area contributed by atoms with Crippen molar-refractivity contribution in [2.75, 3.05) is 12.4 Å². The standard InChI is InChI=1S/C18H18N2S/c1-13-7-9-16(10-8-13)21-12-15-11-14-5-3-4-6-17(14)20-18(15)19-2/h3-11H,12H2,1-2H3,(H,19,20). The number of fused-ring (bicyclic) bond motifs is 1. The fraction of sp³-hybridized carbons (Fsp3) is 0.167. The van der Waals surface area contributed by atoms with Crippen molar-refractivity contribution >= 4 is 28.5 Å². The molecule has 0 bridgehead atoms. The molecule has 0 amide bonds. The number of hydrogen-bond acceptors (Lipinski definition) is 3. The summed E-state index contributed by atoms with van der Waals surface area (Å²) in [5.41, 5.74) is 3.57. The Balaban J connectivity index is 1.86. The van der Waals surface area contributed by atoms with Gasteiger partial charge in [-0.25, -0.2) is 4.98 Å². The Kier molecular flexibility index (Phi) is 4.11. The third-order valence-electron chi connectivity index (χ3n) is 3.46. The third kappa shape index (κ3) is 3.19. The Morgan fingerprint density at radius 1 is 1.05 bits per heavy atom. The largest absolute Gasteiger partial charge is 0.373 e. The highest BCUT2D eigenvalue weighted by Crippen LogP contribution is 2.28. The molecule has 2 aromatic carbocycles. The highest BCUT2D eigenvalue weighted by atomic mass is 32.2. The van der Waals surface area contributed by atoms with Crippen LogP contribution in [0.3, 0.4) is 0 Å². The quantitative estimate of drug-likeness (QED) is 0.694. The smallest absolute Gasteiger partial charge is 0.130 e. The number of para-hydroxylation sites is 1. The molecule has 3 rings (SSSR count). The molecular weight excluding hydrogens is 276 g/mol. The molecule has 106 valence electrons. The van der Waals surface area contributed by atoms with Gasteiger partial charge in [0.2, 0.25) is 0 Å². The average molecular weight is 294 g/mol. The maximum absolute atomic E-state index is 4.70. The van der Waals surface area contributed by atoms with Crippen LogP contribution in [-0.2, 0) is 5.75 Å². The van der Waals surface area contributed by atoms with E-state index in [9.17, 15) is 0 Å². The van der Waals surface area contributed by atoms with Crippen LogP contribution in [0.1, 0.15) is 11.1 Å². The molecule has 0 saturated carbocycles. The van der Waals surface area contributed by atoms with Crippen LogP contribution in [0.5, 0.6) is 0 Å². The molecule has 3 aromatic rings. The number of aryl methyl sites for hydroxylation is 1. The first-order valence-electron chi connectivity index (χ1n) is 7.02. The van der Waals surface area contributed by atoms with E-state index < -0.39 is 0 Å². The number of pyridine rings is 1.